The molecular weight excluding hydrogens is 472 g/mol. The molecule has 0 radical (unpaired) electrons. The molecule has 3 aromatic carbocycles. The van der Waals surface area contributed by atoms with E-state index in [1.54, 1.807) is 31.5 Å². The van der Waals surface area contributed by atoms with Gasteiger partial charge in [0.15, 0.2) is 11.5 Å². The summed E-state index contributed by atoms with van der Waals surface area (Å²) in [6, 6.07) is 20.5. The lowest BCUT2D eigenvalue weighted by Gasteiger charge is -2.11. The summed E-state index contributed by atoms with van der Waals surface area (Å²) in [6.07, 6.45) is 2.46. The van der Waals surface area contributed by atoms with Crippen molar-refractivity contribution in [1.29, 1.82) is 0 Å². The maximum absolute atomic E-state index is 12.4. The Morgan fingerprint density at radius 1 is 1.00 bits per heavy atom. The van der Waals surface area contributed by atoms with Gasteiger partial charge in [0, 0.05) is 10.0 Å². The van der Waals surface area contributed by atoms with Crippen LogP contribution in [0.3, 0.4) is 0 Å². The number of nitrogens with one attached hydrogen (secondary N) is 1. The molecule has 0 fully saturated rings. The van der Waals surface area contributed by atoms with Gasteiger partial charge >= 0.3 is 0 Å². The average Bonchev–Trinajstić information content (AvgIpc) is 2.83. The van der Waals surface area contributed by atoms with Crippen molar-refractivity contribution in [2.45, 2.75) is 20.0 Å². The predicted octanol–water partition coefficient (Wildman–Crippen LogP) is 5.59. The smallest absolute Gasteiger partial charge is 0.271 e. The third-order valence-corrected chi connectivity index (χ3v) is 4.99. The van der Waals surface area contributed by atoms with E-state index in [1.807, 2.05) is 55.5 Å². The molecule has 0 aliphatic heterocycles. The molecule has 0 saturated carbocycles. The number of rotatable bonds is 10. The minimum atomic E-state index is -0.337. The van der Waals surface area contributed by atoms with Crippen molar-refractivity contribution in [1.82, 2.24) is 5.43 Å². The molecule has 0 spiro atoms. The van der Waals surface area contributed by atoms with Crippen molar-refractivity contribution in [3.05, 3.63) is 87.9 Å². The number of hydrogen-bond acceptors (Lipinski definition) is 5. The summed E-state index contributed by atoms with van der Waals surface area (Å²) in [5.41, 5.74) is 4.88. The highest BCUT2D eigenvalue weighted by molar-refractivity contribution is 9.10. The normalized spacial score (nSPS) is 10.7. The Labute approximate surface area is 196 Å². The molecule has 0 aliphatic rings. The SMILES string of the molecule is CCCOc1ccc(C(=O)N/N=C/c2ccc(OCc3ccc(Br)cc3)cc2)cc1OC. The van der Waals surface area contributed by atoms with Gasteiger partial charge in [-0.2, -0.15) is 5.10 Å². The van der Waals surface area contributed by atoms with E-state index < -0.39 is 0 Å². The molecule has 0 saturated heterocycles. The van der Waals surface area contributed by atoms with Crippen LogP contribution in [0.15, 0.2) is 76.3 Å². The lowest BCUT2D eigenvalue weighted by molar-refractivity contribution is 0.0954. The fourth-order valence-electron chi connectivity index (χ4n) is 2.77. The fraction of sp³-hybridized carbons (Fsp3) is 0.200. The predicted molar refractivity (Wildman–Crippen MR) is 129 cm³/mol. The zero-order valence-corrected chi connectivity index (χ0v) is 19.6. The van der Waals surface area contributed by atoms with Crippen LogP contribution < -0.4 is 19.6 Å². The van der Waals surface area contributed by atoms with Gasteiger partial charge in [-0.15, -0.1) is 0 Å². The summed E-state index contributed by atoms with van der Waals surface area (Å²) >= 11 is 3.42. The summed E-state index contributed by atoms with van der Waals surface area (Å²) in [4.78, 5) is 12.4. The van der Waals surface area contributed by atoms with Gasteiger partial charge in [-0.3, -0.25) is 4.79 Å². The summed E-state index contributed by atoms with van der Waals surface area (Å²) in [7, 11) is 1.54. The van der Waals surface area contributed by atoms with E-state index in [0.29, 0.717) is 30.3 Å². The topological polar surface area (TPSA) is 69.2 Å². The largest absolute Gasteiger partial charge is 0.493 e. The molecule has 166 valence electrons. The fourth-order valence-corrected chi connectivity index (χ4v) is 3.03. The van der Waals surface area contributed by atoms with Crippen LogP contribution in [0.5, 0.6) is 17.2 Å². The average molecular weight is 497 g/mol. The Morgan fingerprint density at radius 2 is 1.75 bits per heavy atom. The molecule has 6 nitrogen and oxygen atoms in total. The van der Waals surface area contributed by atoms with Crippen molar-refractivity contribution < 1.29 is 19.0 Å². The van der Waals surface area contributed by atoms with Crippen molar-refractivity contribution in [3.8, 4) is 17.2 Å². The zero-order valence-electron chi connectivity index (χ0n) is 18.0. The standard InChI is InChI=1S/C25H25BrN2O4/c1-3-14-31-23-13-8-20(15-24(23)30-2)25(29)28-27-16-18-6-11-22(12-7-18)32-17-19-4-9-21(26)10-5-19/h4-13,15-16H,3,14,17H2,1-2H3,(H,28,29)/b27-16+. The van der Waals surface area contributed by atoms with Crippen molar-refractivity contribution in [2.75, 3.05) is 13.7 Å². The van der Waals surface area contributed by atoms with Crippen molar-refractivity contribution >= 4 is 28.1 Å². The first-order valence-electron chi connectivity index (χ1n) is 10.2. The van der Waals surface area contributed by atoms with E-state index in [4.69, 9.17) is 14.2 Å². The Balaban J connectivity index is 1.52. The first-order valence-corrected chi connectivity index (χ1v) is 11.0. The van der Waals surface area contributed by atoms with E-state index in [9.17, 15) is 4.79 Å². The number of hydrogen-bond donors (Lipinski definition) is 1. The lowest BCUT2D eigenvalue weighted by Crippen LogP contribution is -2.17. The van der Waals surface area contributed by atoms with E-state index in [2.05, 4.69) is 26.5 Å². The molecule has 0 atom stereocenters. The van der Waals surface area contributed by atoms with Gasteiger partial charge in [-0.1, -0.05) is 35.0 Å². The maximum atomic E-state index is 12.4. The van der Waals surface area contributed by atoms with Crippen LogP contribution in [-0.4, -0.2) is 25.8 Å². The molecular formula is C25H25BrN2O4. The van der Waals surface area contributed by atoms with Crippen LogP contribution in [0.1, 0.15) is 34.8 Å². The van der Waals surface area contributed by atoms with E-state index in [1.165, 1.54) is 0 Å². The van der Waals surface area contributed by atoms with E-state index >= 15 is 0 Å². The van der Waals surface area contributed by atoms with Gasteiger partial charge in [0.25, 0.3) is 5.91 Å². The number of amides is 1. The van der Waals surface area contributed by atoms with Crippen molar-refractivity contribution in [3.63, 3.8) is 0 Å². The van der Waals surface area contributed by atoms with Crippen LogP contribution in [0.4, 0.5) is 0 Å². The van der Waals surface area contributed by atoms with Crippen LogP contribution in [-0.2, 0) is 6.61 Å². The second kappa shape index (κ2) is 11.9. The molecule has 7 heteroatoms. The third kappa shape index (κ3) is 6.85. The Bertz CT molecular complexity index is 1050. The molecule has 1 N–H and O–H groups in total. The number of nitrogens with zero attached hydrogens (tertiary/aromatic N) is 1. The first-order chi connectivity index (χ1) is 15.6. The minimum absolute atomic E-state index is 0.337. The summed E-state index contributed by atoms with van der Waals surface area (Å²) in [5, 5.41) is 4.04. The van der Waals surface area contributed by atoms with Gasteiger partial charge in [-0.05, 0) is 72.1 Å². The number of hydrazone groups is 1. The number of carbonyl (C=O) groups is 1. The second-order valence-electron chi connectivity index (χ2n) is 6.90. The number of halogens is 1. The van der Waals surface area contributed by atoms with Gasteiger partial charge in [0.05, 0.1) is 19.9 Å². The first kappa shape index (κ1) is 23.3. The van der Waals surface area contributed by atoms with Gasteiger partial charge in [-0.25, -0.2) is 5.43 Å². The second-order valence-corrected chi connectivity index (χ2v) is 7.81. The molecule has 32 heavy (non-hydrogen) atoms. The Hall–Kier alpha value is -3.32. The van der Waals surface area contributed by atoms with Crippen LogP contribution in [0, 0.1) is 0 Å². The number of carbonyl (C=O) groups excluding carboxylic acids is 1. The van der Waals surface area contributed by atoms with Crippen LogP contribution >= 0.6 is 15.9 Å². The summed E-state index contributed by atoms with van der Waals surface area (Å²) < 4.78 is 17.8. The highest BCUT2D eigenvalue weighted by atomic mass is 79.9. The van der Waals surface area contributed by atoms with E-state index in [-0.39, 0.29) is 5.91 Å². The molecule has 3 aromatic rings. The highest BCUT2D eigenvalue weighted by Crippen LogP contribution is 2.28. The van der Waals surface area contributed by atoms with Crippen LogP contribution in [0.2, 0.25) is 0 Å². The lowest BCUT2D eigenvalue weighted by atomic mass is 10.2. The van der Waals surface area contributed by atoms with Gasteiger partial charge in [0.2, 0.25) is 0 Å². The minimum Gasteiger partial charge on any atom is -0.493 e. The maximum Gasteiger partial charge on any atom is 0.271 e. The molecule has 1 amide bonds. The molecule has 3 rings (SSSR count). The van der Waals surface area contributed by atoms with Gasteiger partial charge in [0.1, 0.15) is 12.4 Å². The quantitative estimate of drug-likeness (QED) is 0.293. The molecule has 0 bridgehead atoms. The number of ether oxygens (including phenoxy) is 3. The molecule has 0 unspecified atom stereocenters. The molecule has 0 heterocycles. The van der Waals surface area contributed by atoms with Crippen LogP contribution in [0.25, 0.3) is 0 Å². The summed E-state index contributed by atoms with van der Waals surface area (Å²) in [5.74, 6) is 1.54. The third-order valence-electron chi connectivity index (χ3n) is 4.47. The monoisotopic (exact) mass is 496 g/mol. The number of methoxy groups -OCH3 is 1. The number of benzene rings is 3. The highest BCUT2D eigenvalue weighted by Gasteiger charge is 2.10. The van der Waals surface area contributed by atoms with E-state index in [0.717, 1.165) is 27.8 Å². The Morgan fingerprint density at radius 3 is 2.44 bits per heavy atom. The summed E-state index contributed by atoms with van der Waals surface area (Å²) in [6.45, 7) is 3.10. The van der Waals surface area contributed by atoms with Gasteiger partial charge < -0.3 is 14.2 Å². The zero-order chi connectivity index (χ0) is 22.8. The van der Waals surface area contributed by atoms with Crippen molar-refractivity contribution in [2.24, 2.45) is 5.10 Å². The molecule has 0 aliphatic carbocycles. The molecule has 0 aromatic heterocycles. The Kier molecular flexibility index (Phi) is 8.69.